The van der Waals surface area contributed by atoms with Crippen LogP contribution in [0.1, 0.15) is 29.5 Å². The molecule has 0 spiro atoms. The fourth-order valence-electron chi connectivity index (χ4n) is 4.45. The number of nitrogens with one attached hydrogen (secondary N) is 1. The van der Waals surface area contributed by atoms with Crippen molar-refractivity contribution in [2.45, 2.75) is 44.1 Å². The van der Waals surface area contributed by atoms with Crippen LogP contribution in [0.25, 0.3) is 0 Å². The van der Waals surface area contributed by atoms with Crippen molar-refractivity contribution in [3.8, 4) is 0 Å². The van der Waals surface area contributed by atoms with Gasteiger partial charge in [0.2, 0.25) is 11.8 Å². The van der Waals surface area contributed by atoms with Gasteiger partial charge in [-0.1, -0.05) is 24.6 Å². The van der Waals surface area contributed by atoms with E-state index in [9.17, 15) is 13.0 Å². The van der Waals surface area contributed by atoms with E-state index in [2.05, 4.69) is 28.0 Å². The Bertz CT molecular complexity index is 1320. The summed E-state index contributed by atoms with van der Waals surface area (Å²) in [6.45, 7) is 8.12. The molecule has 0 aliphatic carbocycles. The number of alkyl halides is 2. The molecule has 0 amide bonds. The number of benzene rings is 1. The summed E-state index contributed by atoms with van der Waals surface area (Å²) in [6.07, 6.45) is -2.71. The predicted molar refractivity (Wildman–Crippen MR) is 132 cm³/mol. The van der Waals surface area contributed by atoms with Crippen molar-refractivity contribution < 1.29 is 22.1 Å². The molecule has 35 heavy (non-hydrogen) atoms. The molecule has 2 aliphatic heterocycles. The molecule has 3 unspecified atom stereocenters. The molecule has 1 aromatic heterocycles. The molecular weight excluding hydrogens is 503 g/mol. The highest BCUT2D eigenvalue weighted by atomic mass is 35.5. The highest BCUT2D eigenvalue weighted by molar-refractivity contribution is 7.98. The minimum absolute atomic E-state index is 0.0650. The SMILES string of the molecule is C=C1NN=C(C(C(C)c2c(F)ccc(C)c2C)N2CN(CC(F)F)c3nc(Cl)ccc3S2(=C)=O)O1. The molecule has 7 nitrogen and oxygen atoms in total. The molecule has 4 rings (SSSR count). The van der Waals surface area contributed by atoms with Crippen molar-refractivity contribution in [2.75, 3.05) is 18.1 Å². The average Bonchev–Trinajstić information content (AvgIpc) is 3.19. The maximum atomic E-state index is 15.1. The molecule has 0 bridgehead atoms. The van der Waals surface area contributed by atoms with Crippen LogP contribution in [0.5, 0.6) is 0 Å². The van der Waals surface area contributed by atoms with Gasteiger partial charge < -0.3 is 9.64 Å². The first kappa shape index (κ1) is 25.3. The van der Waals surface area contributed by atoms with Gasteiger partial charge in [0.1, 0.15) is 22.8 Å². The lowest BCUT2D eigenvalue weighted by atomic mass is 9.87. The Labute approximate surface area is 207 Å². The third kappa shape index (κ3) is 4.60. The number of pyridine rings is 1. The molecule has 3 heterocycles. The lowest BCUT2D eigenvalue weighted by molar-refractivity contribution is 0.150. The molecule has 1 N–H and O–H groups in total. The summed E-state index contributed by atoms with van der Waals surface area (Å²) in [4.78, 5) is 5.57. The minimum atomic E-state index is -3.33. The van der Waals surface area contributed by atoms with Crippen molar-refractivity contribution >= 4 is 38.9 Å². The third-order valence-corrected chi connectivity index (χ3v) is 8.56. The van der Waals surface area contributed by atoms with E-state index in [1.807, 2.05) is 6.92 Å². The fraction of sp³-hybridized carbons (Fsp3) is 0.348. The molecule has 12 heteroatoms. The Kier molecular flexibility index (Phi) is 6.78. The summed E-state index contributed by atoms with van der Waals surface area (Å²) in [6, 6.07) is 4.96. The monoisotopic (exact) mass is 527 g/mol. The summed E-state index contributed by atoms with van der Waals surface area (Å²) >= 11 is 6.02. The zero-order valence-corrected chi connectivity index (χ0v) is 21.0. The van der Waals surface area contributed by atoms with Crippen LogP contribution in [0.2, 0.25) is 5.15 Å². The molecular formula is C23H25ClF3N5O2S. The van der Waals surface area contributed by atoms with Gasteiger partial charge in [-0.05, 0) is 61.2 Å². The fourth-order valence-corrected chi connectivity index (χ4v) is 6.55. The van der Waals surface area contributed by atoms with Gasteiger partial charge in [0, 0.05) is 5.92 Å². The summed E-state index contributed by atoms with van der Waals surface area (Å²) in [5.41, 5.74) is 4.55. The molecule has 0 saturated heterocycles. The Balaban J connectivity index is 1.90. The molecule has 0 fully saturated rings. The highest BCUT2D eigenvalue weighted by Crippen LogP contribution is 2.39. The van der Waals surface area contributed by atoms with Crippen LogP contribution in [-0.4, -0.2) is 50.9 Å². The van der Waals surface area contributed by atoms with Gasteiger partial charge >= 0.3 is 0 Å². The van der Waals surface area contributed by atoms with Crippen molar-refractivity contribution in [1.82, 2.24) is 14.7 Å². The number of fused-ring (bicyclic) bond motifs is 1. The molecule has 188 valence electrons. The first-order valence-electron chi connectivity index (χ1n) is 10.7. The van der Waals surface area contributed by atoms with E-state index in [-0.39, 0.29) is 34.3 Å². The second kappa shape index (κ2) is 9.36. The lowest BCUT2D eigenvalue weighted by Gasteiger charge is -2.44. The zero-order chi connectivity index (χ0) is 25.7. The maximum absolute atomic E-state index is 15.1. The van der Waals surface area contributed by atoms with E-state index in [1.165, 1.54) is 27.4 Å². The topological polar surface area (TPSA) is 70.1 Å². The van der Waals surface area contributed by atoms with Gasteiger partial charge in [0.25, 0.3) is 6.43 Å². The van der Waals surface area contributed by atoms with E-state index in [1.54, 1.807) is 19.9 Å². The first-order valence-corrected chi connectivity index (χ1v) is 12.8. The Hall–Kier alpha value is -2.76. The number of anilines is 1. The van der Waals surface area contributed by atoms with Gasteiger partial charge in [0.05, 0.1) is 27.8 Å². The Morgan fingerprint density at radius 1 is 1.29 bits per heavy atom. The maximum Gasteiger partial charge on any atom is 0.255 e. The summed E-state index contributed by atoms with van der Waals surface area (Å²) in [5, 5.41) is 4.23. The summed E-state index contributed by atoms with van der Waals surface area (Å²) < 4.78 is 63.5. The molecule has 2 aromatic rings. The normalized spacial score (nSPS) is 21.9. The number of nitrogens with zero attached hydrogens (tertiary/aromatic N) is 4. The van der Waals surface area contributed by atoms with Crippen molar-refractivity contribution in [3.63, 3.8) is 0 Å². The van der Waals surface area contributed by atoms with E-state index in [4.69, 9.17) is 16.3 Å². The molecule has 3 atom stereocenters. The van der Waals surface area contributed by atoms with Crippen LogP contribution in [0.4, 0.5) is 19.0 Å². The van der Waals surface area contributed by atoms with E-state index < -0.39 is 40.5 Å². The second-order valence-corrected chi connectivity index (χ2v) is 11.1. The molecule has 1 aromatic carbocycles. The third-order valence-electron chi connectivity index (χ3n) is 6.24. The average molecular weight is 528 g/mol. The van der Waals surface area contributed by atoms with Gasteiger partial charge in [-0.25, -0.2) is 27.8 Å². The van der Waals surface area contributed by atoms with Crippen LogP contribution in [0.15, 0.2) is 46.7 Å². The van der Waals surface area contributed by atoms with Gasteiger partial charge in [-0.15, -0.1) is 5.10 Å². The largest absolute Gasteiger partial charge is 0.422 e. The lowest BCUT2D eigenvalue weighted by Crippen LogP contribution is -2.56. The minimum Gasteiger partial charge on any atom is -0.422 e. The Morgan fingerprint density at radius 3 is 2.63 bits per heavy atom. The van der Waals surface area contributed by atoms with E-state index in [0.717, 1.165) is 5.56 Å². The zero-order valence-electron chi connectivity index (χ0n) is 19.4. The van der Waals surface area contributed by atoms with Crippen molar-refractivity contribution in [3.05, 3.63) is 64.4 Å². The number of rotatable bonds is 6. The smallest absolute Gasteiger partial charge is 0.255 e. The van der Waals surface area contributed by atoms with Crippen LogP contribution < -0.4 is 10.3 Å². The van der Waals surface area contributed by atoms with Crippen LogP contribution >= 0.6 is 11.6 Å². The van der Waals surface area contributed by atoms with E-state index >= 15 is 4.39 Å². The number of hydrazone groups is 1. The Morgan fingerprint density at radius 2 is 2.00 bits per heavy atom. The van der Waals surface area contributed by atoms with Gasteiger partial charge in [-0.3, -0.25) is 0 Å². The molecule has 2 aliphatic rings. The number of hydrogen-bond donors (Lipinski definition) is 1. The quantitative estimate of drug-likeness (QED) is 0.445. The predicted octanol–water partition coefficient (Wildman–Crippen LogP) is 4.40. The summed E-state index contributed by atoms with van der Waals surface area (Å²) in [5.74, 6) is 3.10. The number of aryl methyl sites for hydroxylation is 1. The van der Waals surface area contributed by atoms with Crippen molar-refractivity contribution in [2.24, 2.45) is 5.10 Å². The van der Waals surface area contributed by atoms with Crippen LogP contribution in [0.3, 0.4) is 0 Å². The number of ether oxygens (including phenoxy) is 1. The first-order chi connectivity index (χ1) is 16.4. The van der Waals surface area contributed by atoms with Crippen molar-refractivity contribution in [1.29, 1.82) is 0 Å². The second-order valence-electron chi connectivity index (χ2n) is 8.49. The van der Waals surface area contributed by atoms with E-state index in [0.29, 0.717) is 11.1 Å². The van der Waals surface area contributed by atoms with Crippen LogP contribution in [-0.2, 0) is 14.4 Å². The van der Waals surface area contributed by atoms with Gasteiger partial charge in [0.15, 0.2) is 0 Å². The summed E-state index contributed by atoms with van der Waals surface area (Å²) in [7, 11) is -3.33. The molecule has 0 radical (unpaired) electrons. The number of aromatic nitrogens is 1. The standard InChI is InChI=1S/C23H25ClF3N5O2S/c1-12-6-7-16(25)20(13(12)2)14(3)21(23-30-29-15(4)34-23)32-11-31(10-19(26)27)22-17(35(32,5)33)8-9-18(24)28-22/h6-9,14,19,21,29H,4-5,10-11H2,1-3H3. The highest BCUT2D eigenvalue weighted by Gasteiger charge is 2.44. The molecule has 0 saturated carbocycles. The number of halogens is 4. The van der Waals surface area contributed by atoms with Gasteiger partial charge in [-0.2, -0.15) is 4.31 Å². The van der Waals surface area contributed by atoms with Crippen LogP contribution in [0, 0.1) is 19.7 Å². The number of hydrogen-bond acceptors (Lipinski definition) is 6.